The van der Waals surface area contributed by atoms with Crippen LogP contribution in [0.1, 0.15) is 40.6 Å². The molecule has 0 aliphatic carbocycles. The van der Waals surface area contributed by atoms with Gasteiger partial charge in [-0.2, -0.15) is 0 Å². The minimum atomic E-state index is -2.29. The predicted molar refractivity (Wildman–Crippen MR) is 96.5 cm³/mol. The van der Waals surface area contributed by atoms with E-state index in [9.17, 15) is 8.78 Å². The lowest BCUT2D eigenvalue weighted by molar-refractivity contribution is -0.110. The van der Waals surface area contributed by atoms with Crippen molar-refractivity contribution in [3.05, 3.63) is 45.7 Å². The van der Waals surface area contributed by atoms with Crippen molar-refractivity contribution in [3.8, 4) is 0 Å². The van der Waals surface area contributed by atoms with Gasteiger partial charge < -0.3 is 4.74 Å². The summed E-state index contributed by atoms with van der Waals surface area (Å²) in [5.74, 6) is 0. The Balaban J connectivity index is 1.52. The molecule has 0 radical (unpaired) electrons. The normalized spacial score (nSPS) is 26.4. The number of aromatic nitrogens is 2. The van der Waals surface area contributed by atoms with Crippen LogP contribution in [-0.4, -0.2) is 40.5 Å². The predicted octanol–water partition coefficient (Wildman–Crippen LogP) is 3.80. The van der Waals surface area contributed by atoms with E-state index in [4.69, 9.17) is 4.74 Å². The van der Waals surface area contributed by atoms with Crippen molar-refractivity contribution in [3.63, 3.8) is 0 Å². The molecule has 1 saturated heterocycles. The number of hydrogen-bond acceptors (Lipinski definition) is 5. The lowest BCUT2D eigenvalue weighted by Crippen LogP contribution is -2.49. The van der Waals surface area contributed by atoms with E-state index in [0.29, 0.717) is 12.6 Å². The molecule has 4 nitrogen and oxygen atoms in total. The number of halogens is 2. The van der Waals surface area contributed by atoms with Crippen molar-refractivity contribution in [2.45, 2.75) is 57.2 Å². The average molecular weight is 379 g/mol. The Morgan fingerprint density at radius 3 is 2.92 bits per heavy atom. The van der Waals surface area contributed by atoms with Crippen molar-refractivity contribution in [1.29, 1.82) is 0 Å². The summed E-state index contributed by atoms with van der Waals surface area (Å²) in [6.07, 6.45) is 5.43. The average Bonchev–Trinajstić information content (AvgIpc) is 3.02. The summed E-state index contributed by atoms with van der Waals surface area (Å²) < 4.78 is 31.9. The number of nitrogens with zero attached hydrogens (tertiary/aromatic N) is 3. The highest BCUT2D eigenvalue weighted by atomic mass is 32.1. The lowest BCUT2D eigenvalue weighted by Gasteiger charge is -2.47. The largest absolute Gasteiger partial charge is 0.369 e. The maximum atomic E-state index is 12.8. The van der Waals surface area contributed by atoms with E-state index in [2.05, 4.69) is 21.8 Å². The number of fused-ring (bicyclic) bond motifs is 2. The van der Waals surface area contributed by atoms with Gasteiger partial charge in [0.1, 0.15) is 11.9 Å². The van der Waals surface area contributed by atoms with Crippen molar-refractivity contribution < 1.29 is 13.5 Å². The highest BCUT2D eigenvalue weighted by Crippen LogP contribution is 2.47. The first-order valence-electron chi connectivity index (χ1n) is 9.08. The molecule has 4 heterocycles. The number of likely N-dealkylation sites (tertiary alicyclic amines) is 1. The SMILES string of the molecule is C[C@H]1C[C@@]2(CCN1Cc1cncnc1)OCCc1cc(CC(F)F)sc12. The Labute approximate surface area is 156 Å². The molecule has 140 valence electrons. The Hall–Kier alpha value is -1.44. The highest BCUT2D eigenvalue weighted by molar-refractivity contribution is 7.12. The molecule has 2 aromatic heterocycles. The summed E-state index contributed by atoms with van der Waals surface area (Å²) in [5.41, 5.74) is 2.02. The van der Waals surface area contributed by atoms with Gasteiger partial charge in [-0.1, -0.05) is 0 Å². The van der Waals surface area contributed by atoms with Crippen molar-refractivity contribution >= 4 is 11.3 Å². The molecule has 1 fully saturated rings. The van der Waals surface area contributed by atoms with Gasteiger partial charge in [0, 0.05) is 53.3 Å². The Morgan fingerprint density at radius 1 is 1.38 bits per heavy atom. The van der Waals surface area contributed by atoms with Crippen molar-refractivity contribution in [2.24, 2.45) is 0 Å². The standard InChI is InChI=1S/C19H23F2N3OS/c1-13-8-19(3-4-24(13)11-14-9-22-12-23-10-14)18-15(2-5-25-19)6-16(26-18)7-17(20)21/h6,9-10,12-13,17H,2-5,7-8,11H2,1H3/t13-,19+/m0/s1. The van der Waals surface area contributed by atoms with Gasteiger partial charge in [-0.05, 0) is 37.8 Å². The third-order valence-electron chi connectivity index (χ3n) is 5.43. The zero-order valence-electron chi connectivity index (χ0n) is 14.8. The summed E-state index contributed by atoms with van der Waals surface area (Å²) in [6.45, 7) is 4.64. The molecule has 1 spiro atoms. The van der Waals surface area contributed by atoms with Crippen LogP contribution in [-0.2, 0) is 29.7 Å². The van der Waals surface area contributed by atoms with Crippen LogP contribution < -0.4 is 0 Å². The van der Waals surface area contributed by atoms with Crippen LogP contribution >= 0.6 is 11.3 Å². The van der Waals surface area contributed by atoms with E-state index in [1.54, 1.807) is 6.33 Å². The van der Waals surface area contributed by atoms with Gasteiger partial charge in [0.25, 0.3) is 0 Å². The van der Waals surface area contributed by atoms with Gasteiger partial charge in [-0.15, -0.1) is 11.3 Å². The molecule has 4 rings (SSSR count). The van der Waals surface area contributed by atoms with E-state index in [0.717, 1.165) is 42.8 Å². The number of thiophene rings is 1. The zero-order valence-corrected chi connectivity index (χ0v) is 15.6. The topological polar surface area (TPSA) is 38.2 Å². The maximum absolute atomic E-state index is 12.8. The number of rotatable bonds is 4. The lowest BCUT2D eigenvalue weighted by atomic mass is 9.82. The highest BCUT2D eigenvalue weighted by Gasteiger charge is 2.44. The third-order valence-corrected chi connectivity index (χ3v) is 6.82. The molecule has 26 heavy (non-hydrogen) atoms. The van der Waals surface area contributed by atoms with Crippen LogP contribution in [0.25, 0.3) is 0 Å². The zero-order chi connectivity index (χ0) is 18.1. The monoisotopic (exact) mass is 379 g/mol. The molecule has 0 bridgehead atoms. The second-order valence-corrected chi connectivity index (χ2v) is 8.41. The molecule has 2 aliphatic rings. The first-order chi connectivity index (χ1) is 12.6. The Kier molecular flexibility index (Phi) is 5.03. The summed E-state index contributed by atoms with van der Waals surface area (Å²) in [6, 6.07) is 2.32. The molecular formula is C19H23F2N3OS. The minimum Gasteiger partial charge on any atom is -0.369 e. The van der Waals surface area contributed by atoms with E-state index < -0.39 is 6.43 Å². The molecule has 0 N–H and O–H groups in total. The molecule has 7 heteroatoms. The number of hydrogen-bond donors (Lipinski definition) is 0. The minimum absolute atomic E-state index is 0.149. The molecule has 2 aromatic rings. The number of alkyl halides is 2. The second kappa shape index (κ2) is 7.29. The third kappa shape index (κ3) is 3.52. The summed E-state index contributed by atoms with van der Waals surface area (Å²) in [4.78, 5) is 12.6. The van der Waals surface area contributed by atoms with Crippen LogP contribution in [0.15, 0.2) is 24.8 Å². The van der Waals surface area contributed by atoms with Crippen LogP contribution in [0.4, 0.5) is 8.78 Å². The fraction of sp³-hybridized carbons (Fsp3) is 0.579. The van der Waals surface area contributed by atoms with Gasteiger partial charge in [-0.25, -0.2) is 18.7 Å². The summed E-state index contributed by atoms with van der Waals surface area (Å²) in [5, 5.41) is 0. The Bertz CT molecular complexity index is 754. The van der Waals surface area contributed by atoms with Crippen LogP contribution in [0.2, 0.25) is 0 Å². The van der Waals surface area contributed by atoms with Gasteiger partial charge >= 0.3 is 0 Å². The van der Waals surface area contributed by atoms with E-state index >= 15 is 0 Å². The van der Waals surface area contributed by atoms with Crippen molar-refractivity contribution in [1.82, 2.24) is 14.9 Å². The van der Waals surface area contributed by atoms with Gasteiger partial charge in [0.15, 0.2) is 0 Å². The second-order valence-electron chi connectivity index (χ2n) is 7.28. The molecular weight excluding hydrogens is 356 g/mol. The maximum Gasteiger partial charge on any atom is 0.243 e. The smallest absolute Gasteiger partial charge is 0.243 e. The molecule has 2 aliphatic heterocycles. The van der Waals surface area contributed by atoms with Gasteiger partial charge in [0.2, 0.25) is 6.43 Å². The summed E-state index contributed by atoms with van der Waals surface area (Å²) >= 11 is 1.53. The van der Waals surface area contributed by atoms with E-state index in [-0.39, 0.29) is 12.0 Å². The van der Waals surface area contributed by atoms with Crippen LogP contribution in [0.3, 0.4) is 0 Å². The van der Waals surface area contributed by atoms with Gasteiger partial charge in [0.05, 0.1) is 6.61 Å². The number of piperidine rings is 1. The summed E-state index contributed by atoms with van der Waals surface area (Å²) in [7, 11) is 0. The van der Waals surface area contributed by atoms with E-state index in [1.807, 2.05) is 18.5 Å². The first-order valence-corrected chi connectivity index (χ1v) is 9.89. The Morgan fingerprint density at radius 2 is 2.19 bits per heavy atom. The molecule has 0 aromatic carbocycles. The van der Waals surface area contributed by atoms with Gasteiger partial charge in [-0.3, -0.25) is 4.90 Å². The molecule has 0 unspecified atom stereocenters. The quantitative estimate of drug-likeness (QED) is 0.810. The van der Waals surface area contributed by atoms with Crippen LogP contribution in [0, 0.1) is 0 Å². The number of ether oxygens (including phenoxy) is 1. The molecule has 0 saturated carbocycles. The fourth-order valence-corrected chi connectivity index (χ4v) is 5.60. The fourth-order valence-electron chi connectivity index (χ4n) is 4.20. The van der Waals surface area contributed by atoms with Crippen molar-refractivity contribution in [2.75, 3.05) is 13.2 Å². The first kappa shape index (κ1) is 17.9. The van der Waals surface area contributed by atoms with Crippen LogP contribution in [0.5, 0.6) is 0 Å². The molecule has 0 amide bonds. The van der Waals surface area contributed by atoms with E-state index in [1.165, 1.54) is 21.8 Å². The molecule has 2 atom stereocenters.